The Hall–Kier alpha value is -3.39. The van der Waals surface area contributed by atoms with Crippen LogP contribution < -0.4 is 5.43 Å². The quantitative estimate of drug-likeness (QED) is 0.368. The summed E-state index contributed by atoms with van der Waals surface area (Å²) < 4.78 is 1.86. The van der Waals surface area contributed by atoms with Gasteiger partial charge in [0.1, 0.15) is 16.4 Å². The average molecular weight is 431 g/mol. The molecule has 0 saturated heterocycles. The molecule has 156 valence electrons. The van der Waals surface area contributed by atoms with E-state index in [9.17, 15) is 4.79 Å². The van der Waals surface area contributed by atoms with Gasteiger partial charge in [-0.3, -0.25) is 9.78 Å². The van der Waals surface area contributed by atoms with Crippen molar-refractivity contribution in [3.8, 4) is 11.3 Å². The first-order valence-electron chi connectivity index (χ1n) is 10.5. The van der Waals surface area contributed by atoms with Gasteiger partial charge in [0.25, 0.3) is 5.91 Å². The molecule has 1 saturated carbocycles. The van der Waals surface area contributed by atoms with Gasteiger partial charge in [0.05, 0.1) is 6.21 Å². The number of nitrogens with one attached hydrogen (secondary N) is 1. The van der Waals surface area contributed by atoms with Crippen LogP contribution in [0.2, 0.25) is 0 Å². The third-order valence-electron chi connectivity index (χ3n) is 5.55. The lowest BCUT2D eigenvalue weighted by atomic mass is 9.90. The van der Waals surface area contributed by atoms with Gasteiger partial charge < -0.3 is 0 Å². The SMILES string of the molecule is O=C(NN=Cc1c(-c2ccccc2)nc2sc(C3CCCCC3)nn12)c1ccncc1. The van der Waals surface area contributed by atoms with Gasteiger partial charge in [0.2, 0.25) is 4.96 Å². The van der Waals surface area contributed by atoms with Crippen LogP contribution in [0.1, 0.15) is 59.1 Å². The second-order valence-electron chi connectivity index (χ2n) is 7.62. The predicted molar refractivity (Wildman–Crippen MR) is 121 cm³/mol. The Morgan fingerprint density at radius 2 is 1.87 bits per heavy atom. The molecule has 5 rings (SSSR count). The normalized spacial score (nSPS) is 15.0. The maximum absolute atomic E-state index is 12.3. The topological polar surface area (TPSA) is 84.5 Å². The van der Waals surface area contributed by atoms with E-state index in [4.69, 9.17) is 10.1 Å². The number of aromatic nitrogens is 4. The van der Waals surface area contributed by atoms with Gasteiger partial charge in [-0.05, 0) is 25.0 Å². The molecular weight excluding hydrogens is 408 g/mol. The molecule has 1 fully saturated rings. The van der Waals surface area contributed by atoms with Crippen molar-refractivity contribution in [1.29, 1.82) is 0 Å². The molecular formula is C23H22N6OS. The molecule has 31 heavy (non-hydrogen) atoms. The highest BCUT2D eigenvalue weighted by Crippen LogP contribution is 2.36. The van der Waals surface area contributed by atoms with Crippen molar-refractivity contribution in [2.75, 3.05) is 0 Å². The van der Waals surface area contributed by atoms with Crippen LogP contribution in [-0.2, 0) is 0 Å². The van der Waals surface area contributed by atoms with E-state index >= 15 is 0 Å². The number of nitrogens with zero attached hydrogens (tertiary/aromatic N) is 5. The van der Waals surface area contributed by atoms with E-state index in [2.05, 4.69) is 15.5 Å². The van der Waals surface area contributed by atoms with Crippen LogP contribution in [0, 0.1) is 0 Å². The van der Waals surface area contributed by atoms with E-state index < -0.39 is 0 Å². The first kappa shape index (κ1) is 19.6. The summed E-state index contributed by atoms with van der Waals surface area (Å²) >= 11 is 1.65. The second kappa shape index (κ2) is 8.77. The van der Waals surface area contributed by atoms with Crippen molar-refractivity contribution in [2.24, 2.45) is 5.10 Å². The summed E-state index contributed by atoms with van der Waals surface area (Å²) in [5.74, 6) is 0.221. The van der Waals surface area contributed by atoms with Crippen LogP contribution in [-0.4, -0.2) is 31.7 Å². The number of hydrazone groups is 1. The lowest BCUT2D eigenvalue weighted by molar-refractivity contribution is 0.0955. The number of imidazole rings is 1. The number of amides is 1. The Morgan fingerprint density at radius 3 is 2.65 bits per heavy atom. The molecule has 1 aliphatic rings. The zero-order chi connectivity index (χ0) is 21.0. The van der Waals surface area contributed by atoms with E-state index in [1.165, 1.54) is 32.1 Å². The molecule has 0 aliphatic heterocycles. The number of hydrogen-bond donors (Lipinski definition) is 1. The van der Waals surface area contributed by atoms with Gasteiger partial charge in [0, 0.05) is 29.4 Å². The number of rotatable bonds is 5. The highest BCUT2D eigenvalue weighted by molar-refractivity contribution is 7.16. The molecule has 3 aromatic heterocycles. The van der Waals surface area contributed by atoms with Crippen molar-refractivity contribution < 1.29 is 4.79 Å². The van der Waals surface area contributed by atoms with Crippen LogP contribution in [0.15, 0.2) is 60.0 Å². The number of carbonyl (C=O) groups is 1. The Balaban J connectivity index is 1.48. The second-order valence-corrected chi connectivity index (χ2v) is 8.60. The lowest BCUT2D eigenvalue weighted by Crippen LogP contribution is -2.17. The molecule has 1 aliphatic carbocycles. The standard InChI is InChI=1S/C23H22N6OS/c30-21(17-11-13-24-14-12-17)27-25-15-19-20(16-7-3-1-4-8-16)26-23-29(19)28-22(31-23)18-9-5-2-6-10-18/h1,3-4,7-8,11-15,18H,2,5-6,9-10H2,(H,27,30). The molecule has 0 atom stereocenters. The Morgan fingerprint density at radius 1 is 1.10 bits per heavy atom. The van der Waals surface area contributed by atoms with Gasteiger partial charge in [-0.15, -0.1) is 0 Å². The maximum Gasteiger partial charge on any atom is 0.271 e. The van der Waals surface area contributed by atoms with Crippen molar-refractivity contribution in [3.63, 3.8) is 0 Å². The monoisotopic (exact) mass is 430 g/mol. The van der Waals surface area contributed by atoms with Crippen LogP contribution >= 0.6 is 11.3 Å². The van der Waals surface area contributed by atoms with Crippen LogP contribution in [0.25, 0.3) is 16.2 Å². The van der Waals surface area contributed by atoms with Crippen molar-refractivity contribution >= 4 is 28.4 Å². The molecule has 0 unspecified atom stereocenters. The third-order valence-corrected chi connectivity index (χ3v) is 6.62. The van der Waals surface area contributed by atoms with E-state index in [0.717, 1.165) is 26.9 Å². The fourth-order valence-electron chi connectivity index (χ4n) is 3.94. The molecule has 1 aromatic carbocycles. The van der Waals surface area contributed by atoms with Gasteiger partial charge >= 0.3 is 0 Å². The fraction of sp³-hybridized carbons (Fsp3) is 0.261. The molecule has 0 bridgehead atoms. The number of hydrogen-bond acceptors (Lipinski definition) is 6. The van der Waals surface area contributed by atoms with Gasteiger partial charge in [0.15, 0.2) is 0 Å². The smallest absolute Gasteiger partial charge is 0.267 e. The van der Waals surface area contributed by atoms with Gasteiger partial charge in [-0.25, -0.2) is 14.9 Å². The highest BCUT2D eigenvalue weighted by atomic mass is 32.1. The summed E-state index contributed by atoms with van der Waals surface area (Å²) in [5.41, 5.74) is 5.64. The zero-order valence-electron chi connectivity index (χ0n) is 16.9. The molecule has 3 heterocycles. The van der Waals surface area contributed by atoms with Crippen LogP contribution in [0.4, 0.5) is 0 Å². The first-order chi connectivity index (χ1) is 15.3. The Bertz CT molecular complexity index is 1210. The average Bonchev–Trinajstić information content (AvgIpc) is 3.40. The van der Waals surface area contributed by atoms with Crippen molar-refractivity contribution in [2.45, 2.75) is 38.0 Å². The number of carbonyl (C=O) groups excluding carboxylic acids is 1. The third kappa shape index (κ3) is 4.11. The first-order valence-corrected chi connectivity index (χ1v) is 11.3. The summed E-state index contributed by atoms with van der Waals surface area (Å²) in [6.45, 7) is 0. The zero-order valence-corrected chi connectivity index (χ0v) is 17.8. The van der Waals surface area contributed by atoms with Crippen LogP contribution in [0.5, 0.6) is 0 Å². The van der Waals surface area contributed by atoms with E-state index in [-0.39, 0.29) is 5.91 Å². The minimum atomic E-state index is -0.290. The van der Waals surface area contributed by atoms with E-state index in [0.29, 0.717) is 11.5 Å². The minimum Gasteiger partial charge on any atom is -0.267 e. The summed E-state index contributed by atoms with van der Waals surface area (Å²) in [6.07, 6.45) is 11.0. The highest BCUT2D eigenvalue weighted by Gasteiger charge is 2.23. The molecule has 1 N–H and O–H groups in total. The van der Waals surface area contributed by atoms with Crippen molar-refractivity contribution in [1.82, 2.24) is 25.0 Å². The summed E-state index contributed by atoms with van der Waals surface area (Å²) in [4.78, 5) is 22.0. The molecule has 1 amide bonds. The molecule has 4 aromatic rings. The summed E-state index contributed by atoms with van der Waals surface area (Å²) in [7, 11) is 0. The summed E-state index contributed by atoms with van der Waals surface area (Å²) in [6, 6.07) is 13.3. The Labute approximate surface area is 183 Å². The van der Waals surface area contributed by atoms with E-state index in [1.54, 1.807) is 42.1 Å². The molecule has 7 nitrogen and oxygen atoms in total. The maximum atomic E-state index is 12.3. The lowest BCUT2D eigenvalue weighted by Gasteiger charge is -2.18. The minimum absolute atomic E-state index is 0.290. The van der Waals surface area contributed by atoms with Crippen molar-refractivity contribution in [3.05, 3.63) is 71.1 Å². The number of pyridine rings is 1. The largest absolute Gasteiger partial charge is 0.271 e. The molecule has 8 heteroatoms. The number of fused-ring (bicyclic) bond motifs is 1. The molecule has 0 spiro atoms. The van der Waals surface area contributed by atoms with Crippen LogP contribution in [0.3, 0.4) is 0 Å². The predicted octanol–water partition coefficient (Wildman–Crippen LogP) is 4.66. The Kier molecular flexibility index (Phi) is 5.54. The molecule has 0 radical (unpaired) electrons. The fourth-order valence-corrected chi connectivity index (χ4v) is 5.01. The number of benzene rings is 1. The van der Waals surface area contributed by atoms with Gasteiger partial charge in [-0.1, -0.05) is 60.9 Å². The summed E-state index contributed by atoms with van der Waals surface area (Å²) in [5, 5.41) is 10.2. The van der Waals surface area contributed by atoms with E-state index in [1.807, 2.05) is 34.8 Å². The van der Waals surface area contributed by atoms with Gasteiger partial charge in [-0.2, -0.15) is 10.2 Å².